The van der Waals surface area contributed by atoms with Crippen LogP contribution in [0.1, 0.15) is 61.4 Å². The van der Waals surface area contributed by atoms with E-state index in [-0.39, 0.29) is 28.9 Å². The summed E-state index contributed by atoms with van der Waals surface area (Å²) in [5, 5.41) is 9.19. The Morgan fingerprint density at radius 1 is 1.32 bits per heavy atom. The fourth-order valence-corrected chi connectivity index (χ4v) is 4.71. The Hall–Kier alpha value is -1.26. The summed E-state index contributed by atoms with van der Waals surface area (Å²) in [6, 6.07) is 1.81. The number of ether oxygens (including phenoxy) is 1. The monoisotopic (exact) mass is 384 g/mol. The quantitative estimate of drug-likeness (QED) is 0.686. The molecular formula is C19H22Cl2O4. The van der Waals surface area contributed by atoms with Crippen LogP contribution in [-0.4, -0.2) is 23.5 Å². The molecule has 0 radical (unpaired) electrons. The highest BCUT2D eigenvalue weighted by molar-refractivity contribution is 6.45. The Morgan fingerprint density at radius 3 is 2.64 bits per heavy atom. The highest BCUT2D eigenvalue weighted by atomic mass is 35.5. The van der Waals surface area contributed by atoms with Crippen LogP contribution in [0.25, 0.3) is 0 Å². The van der Waals surface area contributed by atoms with Crippen molar-refractivity contribution < 1.29 is 19.4 Å². The van der Waals surface area contributed by atoms with E-state index in [1.165, 1.54) is 12.8 Å². The highest BCUT2D eigenvalue weighted by Gasteiger charge is 2.49. The molecule has 1 aromatic rings. The maximum absolute atomic E-state index is 13.1. The lowest BCUT2D eigenvalue weighted by Crippen LogP contribution is -2.32. The number of aliphatic carboxylic acids is 1. The molecule has 0 aromatic heterocycles. The first-order chi connectivity index (χ1) is 11.8. The van der Waals surface area contributed by atoms with Crippen LogP contribution in [0.2, 0.25) is 10.0 Å². The second kappa shape index (κ2) is 7.16. The molecule has 1 aromatic carbocycles. The number of benzene rings is 1. The van der Waals surface area contributed by atoms with Gasteiger partial charge >= 0.3 is 5.97 Å². The third kappa shape index (κ3) is 3.39. The molecule has 6 heteroatoms. The third-order valence-electron chi connectivity index (χ3n) is 5.61. The molecule has 2 aliphatic carbocycles. The number of ketones is 1. The summed E-state index contributed by atoms with van der Waals surface area (Å²) in [5.41, 5.74) is 1.02. The lowest BCUT2D eigenvalue weighted by Gasteiger charge is -2.29. The van der Waals surface area contributed by atoms with Crippen LogP contribution in [0.15, 0.2) is 6.07 Å². The van der Waals surface area contributed by atoms with Crippen LogP contribution in [-0.2, 0) is 11.2 Å². The zero-order valence-corrected chi connectivity index (χ0v) is 15.8. The van der Waals surface area contributed by atoms with Gasteiger partial charge in [-0.25, -0.2) is 0 Å². The molecule has 0 amide bonds. The number of carboxylic acid groups (broad SMARTS) is 1. The largest absolute Gasteiger partial charge is 0.492 e. The van der Waals surface area contributed by atoms with Gasteiger partial charge in [-0.05, 0) is 43.2 Å². The Bertz CT molecular complexity index is 710. The van der Waals surface area contributed by atoms with E-state index in [0.29, 0.717) is 30.1 Å². The summed E-state index contributed by atoms with van der Waals surface area (Å²) in [4.78, 5) is 23.7. The van der Waals surface area contributed by atoms with E-state index in [0.717, 1.165) is 18.4 Å². The first-order valence-electron chi connectivity index (χ1n) is 8.75. The first kappa shape index (κ1) is 18.5. The van der Waals surface area contributed by atoms with Gasteiger partial charge in [0.05, 0.1) is 11.6 Å². The fraction of sp³-hybridized carbons (Fsp3) is 0.579. The SMILES string of the molecule is CC1(C2CCCC2)Cc2cc(OCCCC(=O)O)c(Cl)c(Cl)c2C1=O. The average Bonchev–Trinajstić information content (AvgIpc) is 3.17. The summed E-state index contributed by atoms with van der Waals surface area (Å²) in [7, 11) is 0. The maximum Gasteiger partial charge on any atom is 0.303 e. The lowest BCUT2D eigenvalue weighted by atomic mass is 9.73. The number of hydrogen-bond acceptors (Lipinski definition) is 3. The van der Waals surface area contributed by atoms with Crippen LogP contribution in [0.4, 0.5) is 0 Å². The highest BCUT2D eigenvalue weighted by Crippen LogP contribution is 2.52. The number of rotatable bonds is 6. The Morgan fingerprint density at radius 2 is 2.00 bits per heavy atom. The predicted molar refractivity (Wildman–Crippen MR) is 96.9 cm³/mol. The van der Waals surface area contributed by atoms with Crippen LogP contribution in [0.3, 0.4) is 0 Å². The number of Topliss-reactive ketones (excluding diaryl/α,β-unsaturated/α-hetero) is 1. The molecule has 1 saturated carbocycles. The molecule has 1 N–H and O–H groups in total. The molecule has 0 spiro atoms. The number of hydrogen-bond donors (Lipinski definition) is 1. The van der Waals surface area contributed by atoms with E-state index in [1.807, 2.05) is 13.0 Å². The molecule has 0 heterocycles. The van der Waals surface area contributed by atoms with Gasteiger partial charge in [0.25, 0.3) is 0 Å². The Labute approximate surface area is 157 Å². The Balaban J connectivity index is 1.83. The van der Waals surface area contributed by atoms with Gasteiger partial charge in [-0.2, -0.15) is 0 Å². The Kier molecular flexibility index (Phi) is 5.31. The van der Waals surface area contributed by atoms with Gasteiger partial charge < -0.3 is 9.84 Å². The molecule has 25 heavy (non-hydrogen) atoms. The smallest absolute Gasteiger partial charge is 0.303 e. The summed E-state index contributed by atoms with van der Waals surface area (Å²) in [6.07, 6.45) is 5.61. The normalized spacial score (nSPS) is 23.1. The van der Waals surface area contributed by atoms with Gasteiger partial charge in [0.2, 0.25) is 0 Å². The minimum absolute atomic E-state index is 0.0362. The number of carbonyl (C=O) groups excluding carboxylic acids is 1. The van der Waals surface area contributed by atoms with E-state index in [1.54, 1.807) is 0 Å². The fourth-order valence-electron chi connectivity index (χ4n) is 4.20. The standard InChI is InChI=1S/C19H22Cl2O4/c1-19(12-5-2-3-6-12)10-11-9-13(25-8-4-7-14(22)23)16(20)17(21)15(11)18(19)24/h9,12H,2-8,10H2,1H3,(H,22,23). The van der Waals surface area contributed by atoms with Crippen molar-refractivity contribution in [2.45, 2.75) is 51.9 Å². The van der Waals surface area contributed by atoms with Crippen LogP contribution >= 0.6 is 23.2 Å². The molecule has 1 unspecified atom stereocenters. The number of halogens is 2. The van der Waals surface area contributed by atoms with Crippen LogP contribution in [0.5, 0.6) is 5.75 Å². The molecule has 136 valence electrons. The summed E-state index contributed by atoms with van der Waals surface area (Å²) in [5.74, 6) is 0.0554. The second-order valence-corrected chi connectivity index (χ2v) is 8.04. The van der Waals surface area contributed by atoms with E-state index >= 15 is 0 Å². The number of fused-ring (bicyclic) bond motifs is 1. The molecule has 4 nitrogen and oxygen atoms in total. The van der Waals surface area contributed by atoms with Crippen molar-refractivity contribution in [3.8, 4) is 5.75 Å². The predicted octanol–water partition coefficient (Wildman–Crippen LogP) is 5.17. The summed E-state index contributed by atoms with van der Waals surface area (Å²) >= 11 is 12.7. The third-order valence-corrected chi connectivity index (χ3v) is 6.46. The topological polar surface area (TPSA) is 63.6 Å². The van der Waals surface area contributed by atoms with Crippen molar-refractivity contribution in [3.63, 3.8) is 0 Å². The molecule has 0 aliphatic heterocycles. The van der Waals surface area contributed by atoms with E-state index in [2.05, 4.69) is 0 Å². The van der Waals surface area contributed by atoms with Gasteiger partial charge in [0, 0.05) is 17.4 Å². The van der Waals surface area contributed by atoms with E-state index in [4.69, 9.17) is 33.0 Å². The number of carboxylic acids is 1. The maximum atomic E-state index is 13.1. The number of carbonyl (C=O) groups is 2. The van der Waals surface area contributed by atoms with Crippen LogP contribution < -0.4 is 4.74 Å². The van der Waals surface area contributed by atoms with Gasteiger partial charge in [0.15, 0.2) is 5.78 Å². The van der Waals surface area contributed by atoms with E-state index in [9.17, 15) is 9.59 Å². The van der Waals surface area contributed by atoms with Crippen LogP contribution in [0, 0.1) is 11.3 Å². The molecule has 2 aliphatic rings. The zero-order chi connectivity index (χ0) is 18.2. The second-order valence-electron chi connectivity index (χ2n) is 7.29. The van der Waals surface area contributed by atoms with Crippen molar-refractivity contribution in [3.05, 3.63) is 27.2 Å². The van der Waals surface area contributed by atoms with Gasteiger partial charge in [-0.3, -0.25) is 9.59 Å². The van der Waals surface area contributed by atoms with Gasteiger partial charge in [-0.1, -0.05) is 43.0 Å². The first-order valence-corrected chi connectivity index (χ1v) is 9.50. The summed E-state index contributed by atoms with van der Waals surface area (Å²) < 4.78 is 5.63. The molecule has 1 fully saturated rings. The molecule has 1 atom stereocenters. The minimum Gasteiger partial charge on any atom is -0.492 e. The molecule has 0 bridgehead atoms. The minimum atomic E-state index is -0.861. The molecule has 3 rings (SSSR count). The van der Waals surface area contributed by atoms with Gasteiger partial charge in [-0.15, -0.1) is 0 Å². The molecule has 0 saturated heterocycles. The van der Waals surface area contributed by atoms with Crippen molar-refractivity contribution in [1.82, 2.24) is 0 Å². The average molecular weight is 385 g/mol. The lowest BCUT2D eigenvalue weighted by molar-refractivity contribution is -0.137. The summed E-state index contributed by atoms with van der Waals surface area (Å²) in [6.45, 7) is 2.29. The zero-order valence-electron chi connectivity index (χ0n) is 14.2. The van der Waals surface area contributed by atoms with Crippen molar-refractivity contribution >= 4 is 35.0 Å². The van der Waals surface area contributed by atoms with Crippen molar-refractivity contribution in [2.75, 3.05) is 6.61 Å². The van der Waals surface area contributed by atoms with E-state index < -0.39 is 11.4 Å². The van der Waals surface area contributed by atoms with Gasteiger partial charge in [0.1, 0.15) is 10.8 Å². The van der Waals surface area contributed by atoms with Crippen molar-refractivity contribution in [1.29, 1.82) is 0 Å². The van der Waals surface area contributed by atoms with Crippen molar-refractivity contribution in [2.24, 2.45) is 11.3 Å². The molecular weight excluding hydrogens is 363 g/mol.